The number of aliphatic carboxylic acids is 1. The van der Waals surface area contributed by atoms with Gasteiger partial charge in [-0.05, 0) is 38.7 Å². The summed E-state index contributed by atoms with van der Waals surface area (Å²) >= 11 is 0. The van der Waals surface area contributed by atoms with Crippen molar-refractivity contribution in [1.29, 1.82) is 0 Å². The topological polar surface area (TPSA) is 93.5 Å². The minimum absolute atomic E-state index is 0.160. The smallest absolute Gasteiger partial charge is 0.326 e. The van der Waals surface area contributed by atoms with Gasteiger partial charge >= 0.3 is 5.97 Å². The summed E-state index contributed by atoms with van der Waals surface area (Å²) in [6.07, 6.45) is 2.41. The first-order valence-corrected chi connectivity index (χ1v) is 7.99. The molecule has 0 spiro atoms. The zero-order chi connectivity index (χ0) is 17.0. The van der Waals surface area contributed by atoms with Crippen LogP contribution in [0.25, 0.3) is 0 Å². The van der Waals surface area contributed by atoms with Crippen LogP contribution in [0.2, 0.25) is 0 Å². The lowest BCUT2D eigenvalue weighted by atomic mass is 9.93. The molecule has 1 aromatic rings. The van der Waals surface area contributed by atoms with Crippen molar-refractivity contribution < 1.29 is 19.4 Å². The fourth-order valence-electron chi connectivity index (χ4n) is 3.07. The minimum atomic E-state index is -0.998. The molecule has 1 aliphatic heterocycles. The molecule has 2 N–H and O–H groups in total. The lowest BCUT2D eigenvalue weighted by molar-refractivity contribution is -0.145. The summed E-state index contributed by atoms with van der Waals surface area (Å²) in [6, 6.07) is -0.876. The lowest BCUT2D eigenvalue weighted by Gasteiger charge is -2.28. The molecule has 23 heavy (non-hydrogen) atoms. The molecule has 2 rings (SSSR count). The first-order chi connectivity index (χ1) is 10.9. The molecule has 7 heteroatoms. The highest BCUT2D eigenvalue weighted by atomic mass is 16.5. The van der Waals surface area contributed by atoms with Gasteiger partial charge in [-0.1, -0.05) is 0 Å². The van der Waals surface area contributed by atoms with Crippen LogP contribution in [-0.2, 0) is 27.8 Å². The summed E-state index contributed by atoms with van der Waals surface area (Å²) in [7, 11) is 1.87. The van der Waals surface area contributed by atoms with Crippen LogP contribution >= 0.6 is 0 Å². The van der Waals surface area contributed by atoms with Crippen molar-refractivity contribution in [3.05, 3.63) is 17.0 Å². The molecule has 0 saturated carbocycles. The summed E-state index contributed by atoms with van der Waals surface area (Å²) < 4.78 is 7.13. The Balaban J connectivity index is 1.92. The van der Waals surface area contributed by atoms with Gasteiger partial charge in [-0.3, -0.25) is 9.48 Å². The molecule has 1 aliphatic rings. The van der Waals surface area contributed by atoms with Crippen molar-refractivity contribution in [2.75, 3.05) is 13.2 Å². The largest absolute Gasteiger partial charge is 0.480 e. The van der Waals surface area contributed by atoms with E-state index >= 15 is 0 Å². The van der Waals surface area contributed by atoms with E-state index in [4.69, 9.17) is 4.74 Å². The molecule has 0 radical (unpaired) electrons. The average molecular weight is 323 g/mol. The van der Waals surface area contributed by atoms with Gasteiger partial charge in [0.1, 0.15) is 6.04 Å². The van der Waals surface area contributed by atoms with Gasteiger partial charge in [0.2, 0.25) is 5.91 Å². The van der Waals surface area contributed by atoms with Crippen molar-refractivity contribution in [2.45, 2.75) is 45.6 Å². The zero-order valence-corrected chi connectivity index (χ0v) is 14.0. The van der Waals surface area contributed by atoms with Crippen LogP contribution in [-0.4, -0.2) is 46.0 Å². The monoisotopic (exact) mass is 323 g/mol. The summed E-state index contributed by atoms with van der Waals surface area (Å²) in [6.45, 7) is 4.93. The second kappa shape index (κ2) is 7.59. The summed E-state index contributed by atoms with van der Waals surface area (Å²) in [5, 5.41) is 16.3. The maximum Gasteiger partial charge on any atom is 0.326 e. The predicted octanol–water partition coefficient (Wildman–Crippen LogP) is 0.966. The van der Waals surface area contributed by atoms with Crippen LogP contribution in [0.1, 0.15) is 36.2 Å². The number of carboxylic acids is 1. The van der Waals surface area contributed by atoms with Crippen LogP contribution < -0.4 is 5.32 Å². The van der Waals surface area contributed by atoms with Crippen molar-refractivity contribution in [3.8, 4) is 0 Å². The highest BCUT2D eigenvalue weighted by Gasteiger charge is 2.31. The van der Waals surface area contributed by atoms with E-state index in [0.29, 0.717) is 19.6 Å². The first kappa shape index (κ1) is 17.5. The Kier molecular flexibility index (Phi) is 5.76. The minimum Gasteiger partial charge on any atom is -0.480 e. The number of hydrogen-bond acceptors (Lipinski definition) is 4. The van der Waals surface area contributed by atoms with Gasteiger partial charge in [0.05, 0.1) is 12.3 Å². The first-order valence-electron chi connectivity index (χ1n) is 7.99. The molecule has 128 valence electrons. The van der Waals surface area contributed by atoms with Gasteiger partial charge in [-0.2, -0.15) is 5.10 Å². The number of amides is 1. The maximum absolute atomic E-state index is 12.2. The van der Waals surface area contributed by atoms with Crippen LogP contribution in [0.3, 0.4) is 0 Å². The molecular formula is C16H25N3O4. The third-order valence-corrected chi connectivity index (χ3v) is 4.51. The van der Waals surface area contributed by atoms with Gasteiger partial charge in [0.15, 0.2) is 0 Å². The molecule has 0 aliphatic carbocycles. The maximum atomic E-state index is 12.2. The number of hydrogen-bond donors (Lipinski definition) is 2. The molecule has 2 unspecified atom stereocenters. The van der Waals surface area contributed by atoms with E-state index in [0.717, 1.165) is 29.8 Å². The van der Waals surface area contributed by atoms with E-state index in [1.165, 1.54) is 0 Å². The molecule has 0 bridgehead atoms. The number of ether oxygens (including phenoxy) is 1. The van der Waals surface area contributed by atoms with Crippen LogP contribution in [0.4, 0.5) is 0 Å². The van der Waals surface area contributed by atoms with Gasteiger partial charge in [0, 0.05) is 31.7 Å². The van der Waals surface area contributed by atoms with Crippen molar-refractivity contribution in [1.82, 2.24) is 15.1 Å². The van der Waals surface area contributed by atoms with E-state index in [9.17, 15) is 14.7 Å². The molecule has 0 aromatic carbocycles. The Labute approximate surface area is 136 Å². The summed E-state index contributed by atoms with van der Waals surface area (Å²) in [5.74, 6) is -1.40. The molecule has 1 saturated heterocycles. The molecule has 1 amide bonds. The third kappa shape index (κ3) is 4.31. The fourth-order valence-corrected chi connectivity index (χ4v) is 3.07. The number of carbonyl (C=O) groups excluding carboxylic acids is 1. The van der Waals surface area contributed by atoms with Gasteiger partial charge < -0.3 is 15.2 Å². The van der Waals surface area contributed by atoms with E-state index < -0.39 is 12.0 Å². The number of carboxylic acid groups (broad SMARTS) is 1. The molecule has 2 heterocycles. The lowest BCUT2D eigenvalue weighted by Crippen LogP contribution is -2.48. The van der Waals surface area contributed by atoms with E-state index in [-0.39, 0.29) is 18.2 Å². The average Bonchev–Trinajstić information content (AvgIpc) is 2.76. The standard InChI is InChI=1S/C16H25N3O4/c1-10-13(11(2)19(3)18-10)6-7-14(20)17-15(16(21)22)12-5-4-8-23-9-12/h12,15H,4-9H2,1-3H3,(H,17,20)(H,21,22). The van der Waals surface area contributed by atoms with E-state index in [2.05, 4.69) is 10.4 Å². The van der Waals surface area contributed by atoms with Gasteiger partial charge in [0.25, 0.3) is 0 Å². The Morgan fingerprint density at radius 2 is 2.22 bits per heavy atom. The normalized spacial score (nSPS) is 19.3. The number of nitrogens with one attached hydrogen (secondary N) is 1. The van der Waals surface area contributed by atoms with Crippen LogP contribution in [0.5, 0.6) is 0 Å². The molecule has 2 atom stereocenters. The number of aromatic nitrogens is 2. The second-order valence-electron chi connectivity index (χ2n) is 6.13. The molecule has 1 aromatic heterocycles. The Morgan fingerprint density at radius 3 is 2.74 bits per heavy atom. The quantitative estimate of drug-likeness (QED) is 0.813. The summed E-state index contributed by atoms with van der Waals surface area (Å²) in [5.41, 5.74) is 2.99. The van der Waals surface area contributed by atoms with Crippen molar-refractivity contribution >= 4 is 11.9 Å². The molecule has 7 nitrogen and oxygen atoms in total. The Bertz CT molecular complexity index is 576. The number of carbonyl (C=O) groups is 2. The molecule has 1 fully saturated rings. The number of rotatable bonds is 6. The van der Waals surface area contributed by atoms with Gasteiger partial charge in [-0.25, -0.2) is 4.79 Å². The van der Waals surface area contributed by atoms with E-state index in [1.54, 1.807) is 4.68 Å². The molecular weight excluding hydrogens is 298 g/mol. The third-order valence-electron chi connectivity index (χ3n) is 4.51. The SMILES string of the molecule is Cc1nn(C)c(C)c1CCC(=O)NC(C(=O)O)C1CCCOC1. The van der Waals surface area contributed by atoms with Crippen LogP contribution in [0.15, 0.2) is 0 Å². The second-order valence-corrected chi connectivity index (χ2v) is 6.13. The number of nitrogens with zero attached hydrogens (tertiary/aromatic N) is 2. The highest BCUT2D eigenvalue weighted by molar-refractivity contribution is 5.83. The van der Waals surface area contributed by atoms with E-state index in [1.807, 2.05) is 20.9 Å². The van der Waals surface area contributed by atoms with Crippen LogP contribution in [0, 0.1) is 19.8 Å². The Hall–Kier alpha value is -1.89. The Morgan fingerprint density at radius 1 is 1.48 bits per heavy atom. The fraction of sp³-hybridized carbons (Fsp3) is 0.688. The van der Waals surface area contributed by atoms with Crippen molar-refractivity contribution in [2.24, 2.45) is 13.0 Å². The van der Waals surface area contributed by atoms with Crippen molar-refractivity contribution in [3.63, 3.8) is 0 Å². The highest BCUT2D eigenvalue weighted by Crippen LogP contribution is 2.18. The zero-order valence-electron chi connectivity index (χ0n) is 14.0. The van der Waals surface area contributed by atoms with Gasteiger partial charge in [-0.15, -0.1) is 0 Å². The number of aryl methyl sites for hydroxylation is 2. The predicted molar refractivity (Wildman–Crippen MR) is 84.1 cm³/mol. The summed E-state index contributed by atoms with van der Waals surface area (Å²) in [4.78, 5) is 23.6.